The van der Waals surface area contributed by atoms with E-state index in [9.17, 15) is 4.79 Å². The average molecular weight is 334 g/mol. The SMILES string of the molecule is Cn1c(=N)n(CC(=O)c2ccc(Cl)cc2)c2cccc(Cl)c21. The molecule has 0 aliphatic carbocycles. The number of nitrogens with one attached hydrogen (secondary N) is 1. The monoisotopic (exact) mass is 333 g/mol. The number of imidazole rings is 1. The summed E-state index contributed by atoms with van der Waals surface area (Å²) in [4.78, 5) is 12.4. The molecule has 4 nitrogen and oxygen atoms in total. The molecule has 112 valence electrons. The smallest absolute Gasteiger partial charge is 0.203 e. The number of hydrogen-bond donors (Lipinski definition) is 1. The average Bonchev–Trinajstić information content (AvgIpc) is 2.74. The van der Waals surface area contributed by atoms with Crippen LogP contribution in [-0.4, -0.2) is 14.9 Å². The lowest BCUT2D eigenvalue weighted by molar-refractivity contribution is 0.0971. The summed E-state index contributed by atoms with van der Waals surface area (Å²) in [5.74, 6) is -0.0809. The molecule has 0 saturated heterocycles. The topological polar surface area (TPSA) is 50.8 Å². The van der Waals surface area contributed by atoms with Gasteiger partial charge in [0, 0.05) is 17.6 Å². The summed E-state index contributed by atoms with van der Waals surface area (Å²) in [5, 5.41) is 9.35. The number of para-hydroxylation sites is 1. The van der Waals surface area contributed by atoms with Gasteiger partial charge in [0.2, 0.25) is 5.62 Å². The van der Waals surface area contributed by atoms with Gasteiger partial charge in [-0.2, -0.15) is 0 Å². The fourth-order valence-corrected chi connectivity index (χ4v) is 2.91. The van der Waals surface area contributed by atoms with E-state index in [1.807, 2.05) is 12.1 Å². The Hall–Kier alpha value is -2.04. The molecule has 22 heavy (non-hydrogen) atoms. The number of nitrogens with zero attached hydrogens (tertiary/aromatic N) is 2. The largest absolute Gasteiger partial charge is 0.312 e. The molecular weight excluding hydrogens is 321 g/mol. The van der Waals surface area contributed by atoms with Crippen LogP contribution in [0.3, 0.4) is 0 Å². The van der Waals surface area contributed by atoms with Gasteiger partial charge in [-0.1, -0.05) is 29.3 Å². The van der Waals surface area contributed by atoms with Crippen LogP contribution in [0.15, 0.2) is 42.5 Å². The van der Waals surface area contributed by atoms with Crippen LogP contribution in [0.4, 0.5) is 0 Å². The Kier molecular flexibility index (Phi) is 3.81. The van der Waals surface area contributed by atoms with Gasteiger partial charge in [0.15, 0.2) is 5.78 Å². The second-order valence-corrected chi connectivity index (χ2v) is 5.85. The second-order valence-electron chi connectivity index (χ2n) is 5.01. The Morgan fingerprint density at radius 1 is 1.14 bits per heavy atom. The van der Waals surface area contributed by atoms with E-state index in [0.29, 0.717) is 15.6 Å². The lowest BCUT2D eigenvalue weighted by Crippen LogP contribution is -2.25. The van der Waals surface area contributed by atoms with Gasteiger partial charge in [-0.05, 0) is 36.4 Å². The molecule has 0 amide bonds. The number of aromatic nitrogens is 2. The van der Waals surface area contributed by atoms with Crippen LogP contribution in [0.5, 0.6) is 0 Å². The minimum atomic E-state index is -0.0809. The molecule has 1 N–H and O–H groups in total. The van der Waals surface area contributed by atoms with Crippen LogP contribution in [0, 0.1) is 5.41 Å². The number of benzene rings is 2. The molecule has 0 unspecified atom stereocenters. The molecule has 0 aliphatic heterocycles. The molecule has 0 fully saturated rings. The molecule has 0 saturated carbocycles. The third-order valence-electron chi connectivity index (χ3n) is 3.63. The zero-order chi connectivity index (χ0) is 15.9. The van der Waals surface area contributed by atoms with Gasteiger partial charge in [0.1, 0.15) is 0 Å². The fourth-order valence-electron chi connectivity index (χ4n) is 2.49. The highest BCUT2D eigenvalue weighted by molar-refractivity contribution is 6.35. The first-order valence-electron chi connectivity index (χ1n) is 6.66. The van der Waals surface area contributed by atoms with Crippen molar-refractivity contribution in [2.24, 2.45) is 7.05 Å². The summed E-state index contributed by atoms with van der Waals surface area (Å²) in [6, 6.07) is 12.2. The van der Waals surface area contributed by atoms with Crippen molar-refractivity contribution in [1.29, 1.82) is 5.41 Å². The van der Waals surface area contributed by atoms with Gasteiger partial charge < -0.3 is 9.13 Å². The maximum atomic E-state index is 12.4. The second kappa shape index (κ2) is 5.63. The first-order valence-corrected chi connectivity index (χ1v) is 7.41. The van der Waals surface area contributed by atoms with Crippen molar-refractivity contribution in [3.63, 3.8) is 0 Å². The Morgan fingerprint density at radius 3 is 2.50 bits per heavy atom. The predicted octanol–water partition coefficient (Wildman–Crippen LogP) is 3.65. The van der Waals surface area contributed by atoms with Crippen molar-refractivity contribution in [2.75, 3.05) is 0 Å². The van der Waals surface area contributed by atoms with E-state index < -0.39 is 0 Å². The van der Waals surface area contributed by atoms with E-state index in [2.05, 4.69) is 0 Å². The van der Waals surface area contributed by atoms with Gasteiger partial charge in [-0.15, -0.1) is 0 Å². The van der Waals surface area contributed by atoms with Crippen LogP contribution in [0.1, 0.15) is 10.4 Å². The lowest BCUT2D eigenvalue weighted by Gasteiger charge is -2.04. The number of fused-ring (bicyclic) bond motifs is 1. The molecule has 1 heterocycles. The molecule has 3 rings (SSSR count). The van der Waals surface area contributed by atoms with Crippen LogP contribution in [0.25, 0.3) is 11.0 Å². The summed E-state index contributed by atoms with van der Waals surface area (Å²) < 4.78 is 3.32. The summed E-state index contributed by atoms with van der Waals surface area (Å²) >= 11 is 12.0. The number of Topliss-reactive ketones (excluding diaryl/α,β-unsaturated/α-hetero) is 1. The van der Waals surface area contributed by atoms with Gasteiger partial charge in [-0.3, -0.25) is 10.2 Å². The number of rotatable bonds is 3. The Bertz CT molecular complexity index is 923. The van der Waals surface area contributed by atoms with Gasteiger partial charge >= 0.3 is 0 Å². The lowest BCUT2D eigenvalue weighted by atomic mass is 10.1. The molecule has 0 bridgehead atoms. The molecule has 0 aliphatic rings. The maximum Gasteiger partial charge on any atom is 0.203 e. The van der Waals surface area contributed by atoms with Gasteiger partial charge in [0.25, 0.3) is 0 Å². The van der Waals surface area contributed by atoms with E-state index in [0.717, 1.165) is 11.0 Å². The summed E-state index contributed by atoms with van der Waals surface area (Å²) in [7, 11) is 1.76. The van der Waals surface area contributed by atoms with Crippen molar-refractivity contribution in [2.45, 2.75) is 6.54 Å². The number of aryl methyl sites for hydroxylation is 1. The molecule has 0 radical (unpaired) electrons. The Morgan fingerprint density at radius 2 is 1.82 bits per heavy atom. The number of carbonyl (C=O) groups excluding carboxylic acids is 1. The van der Waals surface area contributed by atoms with Crippen LogP contribution in [0.2, 0.25) is 10.0 Å². The van der Waals surface area contributed by atoms with Crippen LogP contribution in [-0.2, 0) is 13.6 Å². The van der Waals surface area contributed by atoms with Crippen molar-refractivity contribution < 1.29 is 4.79 Å². The molecule has 2 aromatic carbocycles. The summed E-state index contributed by atoms with van der Waals surface area (Å²) in [6.45, 7) is 0.0815. The van der Waals surface area contributed by atoms with E-state index in [-0.39, 0.29) is 17.9 Å². The number of ketones is 1. The zero-order valence-electron chi connectivity index (χ0n) is 11.8. The zero-order valence-corrected chi connectivity index (χ0v) is 13.3. The third-order valence-corrected chi connectivity index (χ3v) is 4.19. The molecule has 1 aromatic heterocycles. The molecule has 6 heteroatoms. The highest BCUT2D eigenvalue weighted by Crippen LogP contribution is 2.22. The Labute approximate surface area is 137 Å². The van der Waals surface area contributed by atoms with Crippen molar-refractivity contribution in [1.82, 2.24) is 9.13 Å². The number of halogens is 2. The first kappa shape index (κ1) is 14.9. The van der Waals surface area contributed by atoms with Gasteiger partial charge in [-0.25, -0.2) is 0 Å². The third kappa shape index (κ3) is 2.45. The normalized spacial score (nSPS) is 11.0. The summed E-state index contributed by atoms with van der Waals surface area (Å²) in [5.41, 5.74) is 2.31. The van der Waals surface area contributed by atoms with Gasteiger partial charge in [0.05, 0.1) is 22.6 Å². The fraction of sp³-hybridized carbons (Fsp3) is 0.125. The van der Waals surface area contributed by atoms with E-state index in [1.54, 1.807) is 46.5 Å². The highest BCUT2D eigenvalue weighted by atomic mass is 35.5. The maximum absolute atomic E-state index is 12.4. The predicted molar refractivity (Wildman–Crippen MR) is 87.6 cm³/mol. The van der Waals surface area contributed by atoms with Crippen molar-refractivity contribution >= 4 is 40.0 Å². The standard InChI is InChI=1S/C16H13Cl2N3O/c1-20-15-12(18)3-2-4-13(15)21(16(20)19)9-14(22)10-5-7-11(17)8-6-10/h2-8,19H,9H2,1H3. The number of carbonyl (C=O) groups is 1. The number of hydrogen-bond acceptors (Lipinski definition) is 2. The molecule has 0 atom stereocenters. The van der Waals surface area contributed by atoms with E-state index in [4.69, 9.17) is 28.6 Å². The van der Waals surface area contributed by atoms with Crippen LogP contribution < -0.4 is 5.62 Å². The minimum absolute atomic E-state index is 0.0809. The molecule has 0 spiro atoms. The highest BCUT2D eigenvalue weighted by Gasteiger charge is 2.14. The molecular formula is C16H13Cl2N3O. The van der Waals surface area contributed by atoms with E-state index in [1.165, 1.54) is 0 Å². The molecule has 3 aromatic rings. The van der Waals surface area contributed by atoms with Crippen molar-refractivity contribution in [3.05, 3.63) is 63.7 Å². The first-order chi connectivity index (χ1) is 10.5. The summed E-state index contributed by atoms with van der Waals surface area (Å²) in [6.07, 6.45) is 0. The van der Waals surface area contributed by atoms with E-state index >= 15 is 0 Å². The van der Waals surface area contributed by atoms with Crippen LogP contribution >= 0.6 is 23.2 Å². The minimum Gasteiger partial charge on any atom is -0.312 e. The Balaban J connectivity index is 2.06. The van der Waals surface area contributed by atoms with Crippen molar-refractivity contribution in [3.8, 4) is 0 Å². The quantitative estimate of drug-likeness (QED) is 0.731.